The Labute approximate surface area is 120 Å². The topological polar surface area (TPSA) is 35.5 Å². The summed E-state index contributed by atoms with van der Waals surface area (Å²) in [6.07, 6.45) is 3.27. The highest BCUT2D eigenvalue weighted by atomic mass is 16.7. The van der Waals surface area contributed by atoms with Crippen LogP contribution in [0.15, 0.2) is 36.9 Å². The average Bonchev–Trinajstić information content (AvgIpc) is 2.62. The lowest BCUT2D eigenvalue weighted by Crippen LogP contribution is -2.42. The van der Waals surface area contributed by atoms with Gasteiger partial charge in [-0.05, 0) is 24.5 Å². The first kappa shape index (κ1) is 14.9. The highest BCUT2D eigenvalue weighted by Crippen LogP contribution is 2.40. The van der Waals surface area contributed by atoms with Gasteiger partial charge in [0.15, 0.2) is 0 Å². The summed E-state index contributed by atoms with van der Waals surface area (Å²) in [6.45, 7) is 8.42. The summed E-state index contributed by atoms with van der Waals surface area (Å²) in [5, 5.41) is 0. The number of methoxy groups -OCH3 is 1. The molecule has 0 aliphatic carbocycles. The van der Waals surface area contributed by atoms with Gasteiger partial charge in [-0.2, -0.15) is 0 Å². The molecule has 1 aromatic rings. The van der Waals surface area contributed by atoms with Gasteiger partial charge < -0.3 is 9.47 Å². The summed E-state index contributed by atoms with van der Waals surface area (Å²) < 4.78 is 11.3. The van der Waals surface area contributed by atoms with Gasteiger partial charge in [0, 0.05) is 18.1 Å². The van der Waals surface area contributed by atoms with Crippen LogP contribution in [0.5, 0.6) is 0 Å². The molecule has 0 bridgehead atoms. The van der Waals surface area contributed by atoms with Gasteiger partial charge in [0.2, 0.25) is 5.78 Å². The van der Waals surface area contributed by atoms with Gasteiger partial charge in [-0.3, -0.25) is 4.79 Å². The lowest BCUT2D eigenvalue weighted by Gasteiger charge is -2.32. The second-order valence-electron chi connectivity index (χ2n) is 5.23. The van der Waals surface area contributed by atoms with Crippen LogP contribution in [0.25, 0.3) is 0 Å². The molecule has 3 nitrogen and oxygen atoms in total. The minimum absolute atomic E-state index is 0.157. The van der Waals surface area contributed by atoms with Crippen molar-refractivity contribution in [1.29, 1.82) is 0 Å². The summed E-state index contributed by atoms with van der Waals surface area (Å²) in [6, 6.07) is 7.73. The van der Waals surface area contributed by atoms with Gasteiger partial charge in [-0.25, -0.2) is 0 Å². The lowest BCUT2D eigenvalue weighted by atomic mass is 9.74. The quantitative estimate of drug-likeness (QED) is 0.788. The molecule has 0 saturated carbocycles. The van der Waals surface area contributed by atoms with Crippen LogP contribution >= 0.6 is 0 Å². The molecule has 3 heteroatoms. The van der Waals surface area contributed by atoms with Gasteiger partial charge in [0.05, 0.1) is 6.61 Å². The number of hydrogen-bond donors (Lipinski definition) is 0. The van der Waals surface area contributed by atoms with Crippen molar-refractivity contribution in [2.75, 3.05) is 13.7 Å². The van der Waals surface area contributed by atoms with Crippen molar-refractivity contribution < 1.29 is 14.3 Å². The molecule has 1 aliphatic heterocycles. The van der Waals surface area contributed by atoms with Crippen LogP contribution < -0.4 is 0 Å². The second kappa shape index (κ2) is 5.51. The van der Waals surface area contributed by atoms with E-state index in [2.05, 4.69) is 20.4 Å². The number of rotatable bonds is 4. The van der Waals surface area contributed by atoms with Crippen LogP contribution in [0.1, 0.15) is 42.6 Å². The van der Waals surface area contributed by atoms with Gasteiger partial charge in [0.1, 0.15) is 0 Å². The Morgan fingerprint density at radius 3 is 2.55 bits per heavy atom. The maximum Gasteiger partial charge on any atom is 0.253 e. The zero-order chi connectivity index (χ0) is 14.8. The minimum atomic E-state index is -1.37. The van der Waals surface area contributed by atoms with Crippen LogP contribution in [-0.2, 0) is 14.9 Å². The first-order valence-corrected chi connectivity index (χ1v) is 7.06. The molecule has 0 spiro atoms. The zero-order valence-electron chi connectivity index (χ0n) is 12.4. The molecule has 0 N–H and O–H groups in total. The van der Waals surface area contributed by atoms with E-state index in [0.717, 1.165) is 18.4 Å². The molecule has 20 heavy (non-hydrogen) atoms. The highest BCUT2D eigenvalue weighted by molar-refractivity contribution is 6.04. The Hall–Kier alpha value is -1.45. The minimum Gasteiger partial charge on any atom is -0.344 e. The maximum absolute atomic E-state index is 12.8. The number of benzene rings is 1. The maximum atomic E-state index is 12.8. The summed E-state index contributed by atoms with van der Waals surface area (Å²) in [5.74, 6) is -1.54. The number of fused-ring (bicyclic) bond motifs is 1. The number of ether oxygens (including phenoxy) is 2. The summed E-state index contributed by atoms with van der Waals surface area (Å²) in [4.78, 5) is 12.8. The monoisotopic (exact) mass is 274 g/mol. The third kappa shape index (κ3) is 2.02. The summed E-state index contributed by atoms with van der Waals surface area (Å²) in [5.41, 5.74) is 1.57. The van der Waals surface area contributed by atoms with Crippen molar-refractivity contribution in [2.45, 2.75) is 37.9 Å². The fourth-order valence-electron chi connectivity index (χ4n) is 2.94. The molecule has 0 radical (unpaired) electrons. The van der Waals surface area contributed by atoms with Crippen molar-refractivity contribution in [3.05, 3.63) is 48.0 Å². The van der Waals surface area contributed by atoms with Crippen LogP contribution in [-0.4, -0.2) is 25.3 Å². The standard InChI is InChI=1S/C17H22O3/c1-5-16(6-2)12-20-17(7-3,19-4)15(18)13-10-8-9-11-14(13)16/h7-11H,3,5-6,12H2,1-2,4H3. The first-order valence-electron chi connectivity index (χ1n) is 7.06. The lowest BCUT2D eigenvalue weighted by molar-refractivity contribution is -0.161. The predicted molar refractivity (Wildman–Crippen MR) is 78.9 cm³/mol. The number of carbonyl (C=O) groups excluding carboxylic acids is 1. The molecule has 0 aromatic heterocycles. The number of carbonyl (C=O) groups is 1. The van der Waals surface area contributed by atoms with Crippen molar-refractivity contribution in [3.63, 3.8) is 0 Å². The fraction of sp³-hybridized carbons (Fsp3) is 0.471. The van der Waals surface area contributed by atoms with Gasteiger partial charge in [-0.15, -0.1) is 0 Å². The predicted octanol–water partition coefficient (Wildman–Crippen LogP) is 3.49. The smallest absolute Gasteiger partial charge is 0.253 e. The van der Waals surface area contributed by atoms with Crippen LogP contribution in [0.4, 0.5) is 0 Å². The molecule has 0 fully saturated rings. The third-order valence-corrected chi connectivity index (χ3v) is 4.55. The van der Waals surface area contributed by atoms with Crippen molar-refractivity contribution in [1.82, 2.24) is 0 Å². The summed E-state index contributed by atoms with van der Waals surface area (Å²) in [7, 11) is 1.48. The molecule has 1 heterocycles. The van der Waals surface area contributed by atoms with E-state index in [1.165, 1.54) is 13.2 Å². The number of ketones is 1. The van der Waals surface area contributed by atoms with Crippen LogP contribution in [0, 0.1) is 0 Å². The zero-order valence-corrected chi connectivity index (χ0v) is 12.4. The molecular formula is C17H22O3. The van der Waals surface area contributed by atoms with Crippen molar-refractivity contribution >= 4 is 5.78 Å². The van der Waals surface area contributed by atoms with E-state index < -0.39 is 5.79 Å². The Morgan fingerprint density at radius 1 is 1.35 bits per heavy atom. The second-order valence-corrected chi connectivity index (χ2v) is 5.23. The van der Waals surface area contributed by atoms with E-state index in [1.54, 1.807) is 0 Å². The average molecular weight is 274 g/mol. The van der Waals surface area contributed by atoms with E-state index in [-0.39, 0.29) is 11.2 Å². The largest absolute Gasteiger partial charge is 0.344 e. The Bertz CT molecular complexity index is 517. The van der Waals surface area contributed by atoms with Crippen molar-refractivity contribution in [3.8, 4) is 0 Å². The normalized spacial score (nSPS) is 24.9. The molecule has 0 saturated heterocycles. The third-order valence-electron chi connectivity index (χ3n) is 4.55. The van der Waals surface area contributed by atoms with Crippen molar-refractivity contribution in [2.24, 2.45) is 0 Å². The van der Waals surface area contributed by atoms with Gasteiger partial charge in [0.25, 0.3) is 5.79 Å². The molecule has 1 unspecified atom stereocenters. The van der Waals surface area contributed by atoms with Crippen LogP contribution in [0.3, 0.4) is 0 Å². The Morgan fingerprint density at radius 2 is 2.00 bits per heavy atom. The van der Waals surface area contributed by atoms with E-state index in [0.29, 0.717) is 12.2 Å². The van der Waals surface area contributed by atoms with E-state index in [9.17, 15) is 4.79 Å². The van der Waals surface area contributed by atoms with E-state index in [1.807, 2.05) is 24.3 Å². The SMILES string of the molecule is C=CC1(OC)OCC(CC)(CC)c2ccccc2C1=O. The molecule has 1 aliphatic rings. The molecule has 108 valence electrons. The van der Waals surface area contributed by atoms with Crippen LogP contribution in [0.2, 0.25) is 0 Å². The fourth-order valence-corrected chi connectivity index (χ4v) is 2.94. The Balaban J connectivity index is 2.68. The highest BCUT2D eigenvalue weighted by Gasteiger charge is 2.46. The molecule has 0 amide bonds. The van der Waals surface area contributed by atoms with E-state index in [4.69, 9.17) is 9.47 Å². The van der Waals surface area contributed by atoms with E-state index >= 15 is 0 Å². The first-order chi connectivity index (χ1) is 9.59. The number of Topliss-reactive ketones (excluding diaryl/α,β-unsaturated/α-hetero) is 1. The Kier molecular flexibility index (Phi) is 4.11. The van der Waals surface area contributed by atoms with Gasteiger partial charge in [-0.1, -0.05) is 44.7 Å². The number of hydrogen-bond acceptors (Lipinski definition) is 3. The molecule has 2 rings (SSSR count). The molecular weight excluding hydrogens is 252 g/mol. The van der Waals surface area contributed by atoms with Gasteiger partial charge >= 0.3 is 0 Å². The molecule has 1 atom stereocenters. The molecule has 1 aromatic carbocycles. The summed E-state index contributed by atoms with van der Waals surface area (Å²) >= 11 is 0.